The summed E-state index contributed by atoms with van der Waals surface area (Å²) in [7, 11) is 4.40. The monoisotopic (exact) mass is 409 g/mol. The predicted molar refractivity (Wildman–Crippen MR) is 131 cm³/mol. The van der Waals surface area contributed by atoms with Crippen molar-refractivity contribution in [2.45, 2.75) is 24.9 Å². The van der Waals surface area contributed by atoms with E-state index in [0.717, 1.165) is 13.1 Å². The van der Waals surface area contributed by atoms with Gasteiger partial charge in [0.25, 0.3) is 0 Å². The first-order valence-corrected chi connectivity index (χ1v) is 11.3. The number of aromatic nitrogens is 1. The van der Waals surface area contributed by atoms with Crippen LogP contribution in [0, 0.1) is 0 Å². The summed E-state index contributed by atoms with van der Waals surface area (Å²) in [4.78, 5) is 4.92. The molecule has 3 heteroatoms. The van der Waals surface area contributed by atoms with E-state index >= 15 is 0 Å². The molecule has 0 unspecified atom stereocenters. The summed E-state index contributed by atoms with van der Waals surface area (Å²) in [6.07, 6.45) is 4.70. The minimum Gasteiger partial charge on any atom is -0.371 e. The van der Waals surface area contributed by atoms with E-state index in [9.17, 15) is 0 Å². The van der Waals surface area contributed by atoms with Crippen molar-refractivity contribution in [2.24, 2.45) is 0 Å². The van der Waals surface area contributed by atoms with Gasteiger partial charge in [0.05, 0.1) is 11.6 Å². The molecule has 0 bridgehead atoms. The molecule has 0 radical (unpaired) electrons. The van der Waals surface area contributed by atoms with Crippen molar-refractivity contribution < 1.29 is 0 Å². The highest BCUT2D eigenvalue weighted by Crippen LogP contribution is 2.33. The molecule has 31 heavy (non-hydrogen) atoms. The van der Waals surface area contributed by atoms with Gasteiger partial charge in [-0.2, -0.15) is 0 Å². The summed E-state index contributed by atoms with van der Waals surface area (Å²) in [6.45, 7) is 2.24. The van der Waals surface area contributed by atoms with Crippen molar-refractivity contribution in [2.75, 3.05) is 32.1 Å². The molecule has 0 saturated carbocycles. The quantitative estimate of drug-likeness (QED) is 0.412. The van der Waals surface area contributed by atoms with Crippen LogP contribution < -0.4 is 4.90 Å². The standard InChI is InChI=1S/C28H31N3/c1-29(2)25-16-18-30(19-17-25)26-14-13-22-15-20-31(27(22)21-26)28(23-9-5-3-6-10-23)24-11-7-4-8-12-24/h3-15,20-21,25,28H,16-19H2,1-2H3. The fraction of sp³-hybridized carbons (Fsp3) is 0.286. The lowest BCUT2D eigenvalue weighted by molar-refractivity contribution is 0.249. The lowest BCUT2D eigenvalue weighted by Gasteiger charge is -2.36. The molecule has 1 aromatic heterocycles. The van der Waals surface area contributed by atoms with Gasteiger partial charge in [0.15, 0.2) is 0 Å². The van der Waals surface area contributed by atoms with E-state index in [1.165, 1.54) is 40.6 Å². The summed E-state index contributed by atoms with van der Waals surface area (Å²) in [5, 5.41) is 1.30. The first-order valence-electron chi connectivity index (χ1n) is 11.3. The topological polar surface area (TPSA) is 11.4 Å². The number of rotatable bonds is 5. The van der Waals surface area contributed by atoms with Gasteiger partial charge in [-0.3, -0.25) is 0 Å². The number of anilines is 1. The van der Waals surface area contributed by atoms with E-state index in [4.69, 9.17) is 0 Å². The summed E-state index contributed by atoms with van der Waals surface area (Å²) in [6, 6.07) is 31.7. The third-order valence-electron chi connectivity index (χ3n) is 6.78. The molecular weight excluding hydrogens is 378 g/mol. The van der Waals surface area contributed by atoms with Crippen LogP contribution in [0.25, 0.3) is 10.9 Å². The minimum absolute atomic E-state index is 0.162. The van der Waals surface area contributed by atoms with Crippen LogP contribution in [0.5, 0.6) is 0 Å². The van der Waals surface area contributed by atoms with Gasteiger partial charge in [0, 0.05) is 31.0 Å². The molecule has 0 aliphatic carbocycles. The van der Waals surface area contributed by atoms with E-state index in [2.05, 4.69) is 120 Å². The molecule has 1 fully saturated rings. The van der Waals surface area contributed by atoms with Crippen molar-refractivity contribution in [1.29, 1.82) is 0 Å². The minimum atomic E-state index is 0.162. The summed E-state index contributed by atoms with van der Waals surface area (Å²) < 4.78 is 2.44. The zero-order valence-corrected chi connectivity index (χ0v) is 18.5. The van der Waals surface area contributed by atoms with E-state index in [0.29, 0.717) is 6.04 Å². The number of fused-ring (bicyclic) bond motifs is 1. The second-order valence-corrected chi connectivity index (χ2v) is 8.87. The SMILES string of the molecule is CN(C)C1CCN(c2ccc3ccn(C(c4ccccc4)c4ccccc4)c3c2)CC1. The Morgan fingerprint density at radius 1 is 0.774 bits per heavy atom. The molecule has 0 amide bonds. The molecular formula is C28H31N3. The summed E-state index contributed by atoms with van der Waals surface area (Å²) in [5.74, 6) is 0. The lowest BCUT2D eigenvalue weighted by atomic mass is 9.98. The molecule has 3 nitrogen and oxygen atoms in total. The van der Waals surface area contributed by atoms with E-state index in [1.807, 2.05) is 0 Å². The average molecular weight is 410 g/mol. The third-order valence-corrected chi connectivity index (χ3v) is 6.78. The fourth-order valence-corrected chi connectivity index (χ4v) is 4.98. The Kier molecular flexibility index (Phi) is 5.52. The van der Waals surface area contributed by atoms with Crippen LogP contribution in [0.3, 0.4) is 0 Å². The maximum Gasteiger partial charge on any atom is 0.0839 e. The number of nitrogens with zero attached hydrogens (tertiary/aromatic N) is 3. The van der Waals surface area contributed by atoms with E-state index in [-0.39, 0.29) is 6.04 Å². The van der Waals surface area contributed by atoms with Gasteiger partial charge in [0.2, 0.25) is 0 Å². The summed E-state index contributed by atoms with van der Waals surface area (Å²) >= 11 is 0. The van der Waals surface area contributed by atoms with Crippen molar-refractivity contribution in [3.63, 3.8) is 0 Å². The number of hydrogen-bond donors (Lipinski definition) is 0. The molecule has 0 atom stereocenters. The van der Waals surface area contributed by atoms with Crippen LogP contribution in [0.1, 0.15) is 30.0 Å². The summed E-state index contributed by atoms with van der Waals surface area (Å²) in [5.41, 5.74) is 5.25. The molecule has 1 aliphatic rings. The zero-order chi connectivity index (χ0) is 21.2. The van der Waals surface area contributed by atoms with Crippen LogP contribution >= 0.6 is 0 Å². The van der Waals surface area contributed by atoms with Gasteiger partial charge >= 0.3 is 0 Å². The molecule has 158 valence electrons. The van der Waals surface area contributed by atoms with E-state index in [1.54, 1.807) is 0 Å². The lowest BCUT2D eigenvalue weighted by Crippen LogP contribution is -2.41. The van der Waals surface area contributed by atoms with Crippen molar-refractivity contribution >= 4 is 16.6 Å². The highest BCUT2D eigenvalue weighted by atomic mass is 15.2. The van der Waals surface area contributed by atoms with Gasteiger partial charge < -0.3 is 14.4 Å². The van der Waals surface area contributed by atoms with Crippen molar-refractivity contribution in [3.8, 4) is 0 Å². The Labute approximate surface area is 185 Å². The first kappa shape index (κ1) is 19.9. The largest absolute Gasteiger partial charge is 0.371 e. The van der Waals surface area contributed by atoms with E-state index < -0.39 is 0 Å². The molecule has 1 aliphatic heterocycles. The molecule has 4 aromatic rings. The second kappa shape index (κ2) is 8.60. The van der Waals surface area contributed by atoms with Gasteiger partial charge in [-0.05, 0) is 61.6 Å². The number of piperidine rings is 1. The van der Waals surface area contributed by atoms with Crippen molar-refractivity contribution in [3.05, 3.63) is 102 Å². The average Bonchev–Trinajstić information content (AvgIpc) is 3.24. The van der Waals surface area contributed by atoms with Gasteiger partial charge in [-0.15, -0.1) is 0 Å². The molecule has 0 spiro atoms. The predicted octanol–water partition coefficient (Wildman–Crippen LogP) is 5.81. The Morgan fingerprint density at radius 3 is 1.97 bits per heavy atom. The maximum atomic E-state index is 2.55. The van der Waals surface area contributed by atoms with Gasteiger partial charge in [-0.25, -0.2) is 0 Å². The second-order valence-electron chi connectivity index (χ2n) is 8.87. The van der Waals surface area contributed by atoms with Gasteiger partial charge in [-0.1, -0.05) is 66.7 Å². The maximum absolute atomic E-state index is 2.55. The van der Waals surface area contributed by atoms with Crippen LogP contribution in [0.4, 0.5) is 5.69 Å². The molecule has 2 heterocycles. The van der Waals surface area contributed by atoms with Crippen LogP contribution in [-0.2, 0) is 0 Å². The highest BCUT2D eigenvalue weighted by molar-refractivity contribution is 5.84. The van der Waals surface area contributed by atoms with Crippen molar-refractivity contribution in [1.82, 2.24) is 9.47 Å². The normalized spacial score (nSPS) is 15.3. The van der Waals surface area contributed by atoms with Gasteiger partial charge in [0.1, 0.15) is 0 Å². The fourth-order valence-electron chi connectivity index (χ4n) is 4.98. The molecule has 1 saturated heterocycles. The number of benzene rings is 3. The first-order chi connectivity index (χ1) is 15.2. The van der Waals surface area contributed by atoms with Crippen LogP contribution in [0.15, 0.2) is 91.1 Å². The smallest absolute Gasteiger partial charge is 0.0839 e. The molecule has 5 rings (SSSR count). The van der Waals surface area contributed by atoms with Crippen LogP contribution in [0.2, 0.25) is 0 Å². The Bertz CT molecular complexity index is 1080. The Morgan fingerprint density at radius 2 is 1.39 bits per heavy atom. The third kappa shape index (κ3) is 3.98. The Hall–Kier alpha value is -3.04. The molecule has 0 N–H and O–H groups in total. The Balaban J connectivity index is 1.54. The number of hydrogen-bond acceptors (Lipinski definition) is 2. The zero-order valence-electron chi connectivity index (χ0n) is 18.5. The highest BCUT2D eigenvalue weighted by Gasteiger charge is 2.22. The molecule has 3 aromatic carbocycles. The van der Waals surface area contributed by atoms with Crippen LogP contribution in [-0.4, -0.2) is 42.7 Å².